The number of hydrogen-bond acceptors (Lipinski definition) is 1. The maximum atomic E-state index is 9.32. The van der Waals surface area contributed by atoms with Crippen LogP contribution in [0.5, 0.6) is 0 Å². The highest BCUT2D eigenvalue weighted by atomic mass is 16.3. The molecule has 1 rings (SSSR count). The first-order chi connectivity index (χ1) is 5.06. The van der Waals surface area contributed by atoms with Crippen molar-refractivity contribution in [2.45, 2.75) is 32.8 Å². The highest BCUT2D eigenvalue weighted by molar-refractivity contribution is 5.27. The maximum absolute atomic E-state index is 9.32. The summed E-state index contributed by atoms with van der Waals surface area (Å²) < 4.78 is 0. The van der Waals surface area contributed by atoms with E-state index in [2.05, 4.69) is 20.4 Å². The molecule has 0 radical (unpaired) electrons. The standard InChI is InChI=1S/C10H16O/c1-4-8-7-9(11)5-6-10(8,2)3/h4,7,9,11H,1,5-6H2,2-3H3/t9-/m1/s1. The lowest BCUT2D eigenvalue weighted by Gasteiger charge is -2.31. The van der Waals surface area contributed by atoms with Gasteiger partial charge in [0.25, 0.3) is 0 Å². The van der Waals surface area contributed by atoms with Gasteiger partial charge in [0, 0.05) is 0 Å². The molecule has 0 unspecified atom stereocenters. The van der Waals surface area contributed by atoms with E-state index >= 15 is 0 Å². The fraction of sp³-hybridized carbons (Fsp3) is 0.600. The van der Waals surface area contributed by atoms with Gasteiger partial charge in [-0.05, 0) is 23.8 Å². The van der Waals surface area contributed by atoms with Crippen LogP contribution in [-0.4, -0.2) is 11.2 Å². The molecule has 0 spiro atoms. The topological polar surface area (TPSA) is 20.2 Å². The Morgan fingerprint density at radius 3 is 2.82 bits per heavy atom. The van der Waals surface area contributed by atoms with Crippen molar-refractivity contribution in [2.75, 3.05) is 0 Å². The molecular weight excluding hydrogens is 136 g/mol. The molecule has 0 saturated carbocycles. The van der Waals surface area contributed by atoms with Crippen molar-refractivity contribution in [2.24, 2.45) is 5.41 Å². The lowest BCUT2D eigenvalue weighted by molar-refractivity contribution is 0.176. The third-order valence-corrected chi connectivity index (χ3v) is 2.44. The number of aliphatic hydroxyl groups excluding tert-OH is 1. The summed E-state index contributed by atoms with van der Waals surface area (Å²) in [7, 11) is 0. The minimum atomic E-state index is -0.254. The van der Waals surface area contributed by atoms with E-state index in [-0.39, 0.29) is 11.5 Å². The zero-order chi connectivity index (χ0) is 8.48. The minimum Gasteiger partial charge on any atom is -0.389 e. The lowest BCUT2D eigenvalue weighted by Crippen LogP contribution is -2.23. The molecule has 0 aromatic rings. The van der Waals surface area contributed by atoms with Crippen LogP contribution in [-0.2, 0) is 0 Å². The average Bonchev–Trinajstić information content (AvgIpc) is 1.94. The van der Waals surface area contributed by atoms with Crippen LogP contribution in [0.15, 0.2) is 24.3 Å². The molecule has 0 heterocycles. The van der Waals surface area contributed by atoms with Gasteiger partial charge < -0.3 is 5.11 Å². The van der Waals surface area contributed by atoms with E-state index in [1.54, 1.807) is 0 Å². The zero-order valence-electron chi connectivity index (χ0n) is 7.30. The molecule has 0 bridgehead atoms. The molecule has 0 saturated heterocycles. The third-order valence-electron chi connectivity index (χ3n) is 2.44. The third kappa shape index (κ3) is 1.72. The zero-order valence-corrected chi connectivity index (χ0v) is 7.30. The van der Waals surface area contributed by atoms with Crippen molar-refractivity contribution in [3.8, 4) is 0 Å². The van der Waals surface area contributed by atoms with E-state index in [4.69, 9.17) is 0 Å². The Hall–Kier alpha value is -0.560. The van der Waals surface area contributed by atoms with Crippen LogP contribution in [0.3, 0.4) is 0 Å². The summed E-state index contributed by atoms with van der Waals surface area (Å²) in [5.41, 5.74) is 1.39. The molecule has 11 heavy (non-hydrogen) atoms. The Labute approximate surface area is 68.4 Å². The maximum Gasteiger partial charge on any atom is 0.0727 e. The van der Waals surface area contributed by atoms with Crippen molar-refractivity contribution < 1.29 is 5.11 Å². The SMILES string of the molecule is C=CC1=C[C@H](O)CCC1(C)C. The Balaban J connectivity index is 2.88. The molecule has 1 aliphatic rings. The molecule has 1 nitrogen and oxygen atoms in total. The van der Waals surface area contributed by atoms with Gasteiger partial charge in [-0.3, -0.25) is 0 Å². The lowest BCUT2D eigenvalue weighted by atomic mass is 9.75. The van der Waals surface area contributed by atoms with Crippen LogP contribution in [0.2, 0.25) is 0 Å². The van der Waals surface area contributed by atoms with Gasteiger partial charge in [0.15, 0.2) is 0 Å². The molecule has 1 atom stereocenters. The van der Waals surface area contributed by atoms with Gasteiger partial charge in [-0.1, -0.05) is 32.6 Å². The second-order valence-corrected chi connectivity index (χ2v) is 3.82. The van der Waals surface area contributed by atoms with E-state index in [1.165, 1.54) is 5.57 Å². The second-order valence-electron chi connectivity index (χ2n) is 3.82. The fourth-order valence-corrected chi connectivity index (χ4v) is 1.51. The fourth-order valence-electron chi connectivity index (χ4n) is 1.51. The summed E-state index contributed by atoms with van der Waals surface area (Å²) in [6.45, 7) is 8.11. The van der Waals surface area contributed by atoms with Gasteiger partial charge >= 0.3 is 0 Å². The summed E-state index contributed by atoms with van der Waals surface area (Å²) in [6, 6.07) is 0. The highest BCUT2D eigenvalue weighted by Gasteiger charge is 2.26. The summed E-state index contributed by atoms with van der Waals surface area (Å²) >= 11 is 0. The monoisotopic (exact) mass is 152 g/mol. The smallest absolute Gasteiger partial charge is 0.0727 e. The molecule has 0 aliphatic heterocycles. The van der Waals surface area contributed by atoms with Crippen LogP contribution in [0.1, 0.15) is 26.7 Å². The first-order valence-corrected chi connectivity index (χ1v) is 4.09. The van der Waals surface area contributed by atoms with Crippen LogP contribution < -0.4 is 0 Å². The van der Waals surface area contributed by atoms with Crippen LogP contribution in [0.4, 0.5) is 0 Å². The first-order valence-electron chi connectivity index (χ1n) is 4.09. The van der Waals surface area contributed by atoms with E-state index < -0.39 is 0 Å². The molecule has 0 fully saturated rings. The molecule has 1 heteroatoms. The summed E-state index contributed by atoms with van der Waals surface area (Å²) in [5.74, 6) is 0. The van der Waals surface area contributed by atoms with Crippen molar-refractivity contribution in [1.82, 2.24) is 0 Å². The van der Waals surface area contributed by atoms with E-state index in [9.17, 15) is 5.11 Å². The molecule has 0 amide bonds. The number of aliphatic hydroxyl groups is 1. The van der Waals surface area contributed by atoms with Crippen LogP contribution in [0.25, 0.3) is 0 Å². The van der Waals surface area contributed by atoms with Crippen molar-refractivity contribution in [1.29, 1.82) is 0 Å². The van der Waals surface area contributed by atoms with Crippen molar-refractivity contribution in [3.05, 3.63) is 24.3 Å². The van der Waals surface area contributed by atoms with Gasteiger partial charge in [0.05, 0.1) is 6.10 Å². The summed E-state index contributed by atoms with van der Waals surface area (Å²) in [5, 5.41) is 9.32. The van der Waals surface area contributed by atoms with E-state index in [0.29, 0.717) is 0 Å². The largest absolute Gasteiger partial charge is 0.389 e. The summed E-state index contributed by atoms with van der Waals surface area (Å²) in [6.07, 6.45) is 5.44. The quantitative estimate of drug-likeness (QED) is 0.611. The summed E-state index contributed by atoms with van der Waals surface area (Å²) in [4.78, 5) is 0. The highest BCUT2D eigenvalue weighted by Crippen LogP contribution is 2.36. The van der Waals surface area contributed by atoms with Gasteiger partial charge in [-0.25, -0.2) is 0 Å². The predicted octanol–water partition coefficient (Wildman–Crippen LogP) is 2.28. The Kier molecular flexibility index (Phi) is 2.19. The first kappa shape index (κ1) is 8.54. The molecule has 1 aliphatic carbocycles. The van der Waals surface area contributed by atoms with Gasteiger partial charge in [0.2, 0.25) is 0 Å². The van der Waals surface area contributed by atoms with Crippen molar-refractivity contribution >= 4 is 0 Å². The van der Waals surface area contributed by atoms with Crippen molar-refractivity contribution in [3.63, 3.8) is 0 Å². The molecular formula is C10H16O. The minimum absolute atomic E-state index is 0.209. The van der Waals surface area contributed by atoms with Crippen LogP contribution >= 0.6 is 0 Å². The van der Waals surface area contributed by atoms with Crippen LogP contribution in [0, 0.1) is 5.41 Å². The van der Waals surface area contributed by atoms with E-state index in [0.717, 1.165) is 12.8 Å². The Morgan fingerprint density at radius 2 is 2.36 bits per heavy atom. The Bertz CT molecular complexity index is 189. The molecule has 0 aromatic carbocycles. The van der Waals surface area contributed by atoms with E-state index in [1.807, 2.05) is 12.2 Å². The number of rotatable bonds is 1. The van der Waals surface area contributed by atoms with Gasteiger partial charge in [-0.2, -0.15) is 0 Å². The molecule has 0 aromatic heterocycles. The Morgan fingerprint density at radius 1 is 1.73 bits per heavy atom. The number of hydrogen-bond donors (Lipinski definition) is 1. The van der Waals surface area contributed by atoms with Gasteiger partial charge in [0.1, 0.15) is 0 Å². The number of allylic oxidation sites excluding steroid dienone is 2. The van der Waals surface area contributed by atoms with Gasteiger partial charge in [-0.15, -0.1) is 0 Å². The molecule has 1 N–H and O–H groups in total. The normalized spacial score (nSPS) is 29.4. The predicted molar refractivity (Wildman–Crippen MR) is 47.3 cm³/mol. The average molecular weight is 152 g/mol. The molecule has 62 valence electrons. The second kappa shape index (κ2) is 2.82.